The Morgan fingerprint density at radius 1 is 0.921 bits per heavy atom. The zero-order valence-electron chi connectivity index (χ0n) is 22.6. The first-order chi connectivity index (χ1) is 17.6. The van der Waals surface area contributed by atoms with Crippen molar-refractivity contribution in [3.8, 4) is 0 Å². The number of carbonyl (C=O) groups excluding carboxylic acids is 1. The van der Waals surface area contributed by atoms with Gasteiger partial charge in [-0.1, -0.05) is 39.0 Å². The second-order valence-electron chi connectivity index (χ2n) is 11.8. The zero-order chi connectivity index (χ0) is 28.3. The number of carbonyl (C=O) groups is 1. The fourth-order valence-corrected chi connectivity index (χ4v) is 5.82. The highest BCUT2D eigenvalue weighted by Crippen LogP contribution is 2.38. The van der Waals surface area contributed by atoms with Crippen molar-refractivity contribution in [2.75, 3.05) is 0 Å². The van der Waals surface area contributed by atoms with Gasteiger partial charge in [0.25, 0.3) is 0 Å². The summed E-state index contributed by atoms with van der Waals surface area (Å²) >= 11 is 0. The van der Waals surface area contributed by atoms with Crippen molar-refractivity contribution in [2.45, 2.75) is 128 Å². The van der Waals surface area contributed by atoms with E-state index in [0.29, 0.717) is 25.2 Å². The molecule has 1 amide bonds. The lowest BCUT2D eigenvalue weighted by Gasteiger charge is -2.46. The van der Waals surface area contributed by atoms with Crippen LogP contribution in [0, 0.1) is 5.92 Å². The van der Waals surface area contributed by atoms with Crippen LogP contribution in [0.1, 0.15) is 102 Å². The Morgan fingerprint density at radius 2 is 1.47 bits per heavy atom. The van der Waals surface area contributed by atoms with Gasteiger partial charge in [-0.05, 0) is 76.1 Å². The molecule has 3 atom stereocenters. The Hall–Kier alpha value is -1.97. The first-order valence-corrected chi connectivity index (χ1v) is 13.6. The van der Waals surface area contributed by atoms with Crippen LogP contribution in [0.4, 0.5) is 31.1 Å². The van der Waals surface area contributed by atoms with Crippen molar-refractivity contribution < 1.29 is 35.9 Å². The van der Waals surface area contributed by atoms with Crippen LogP contribution in [-0.4, -0.2) is 34.7 Å². The number of piperidine rings is 1. The Balaban J connectivity index is 1.81. The van der Waals surface area contributed by atoms with Crippen LogP contribution in [0.2, 0.25) is 0 Å². The topological polar surface area (TPSA) is 41.6 Å². The largest absolute Gasteiger partial charge is 0.444 e. The minimum atomic E-state index is -4.88. The number of nitrogens with zero attached hydrogens (tertiary/aromatic N) is 1. The van der Waals surface area contributed by atoms with E-state index in [1.165, 1.54) is 6.42 Å². The molecule has 38 heavy (non-hydrogen) atoms. The second kappa shape index (κ2) is 12.0. The molecule has 1 unspecified atom stereocenters. The first-order valence-electron chi connectivity index (χ1n) is 13.6. The van der Waals surface area contributed by atoms with Gasteiger partial charge in [0.15, 0.2) is 0 Å². The summed E-state index contributed by atoms with van der Waals surface area (Å²) < 4.78 is 85.5. The lowest BCUT2D eigenvalue weighted by atomic mass is 9.80. The van der Waals surface area contributed by atoms with Gasteiger partial charge >= 0.3 is 18.4 Å². The van der Waals surface area contributed by atoms with Crippen molar-refractivity contribution in [2.24, 2.45) is 5.92 Å². The van der Waals surface area contributed by atoms with E-state index < -0.39 is 29.1 Å². The van der Waals surface area contributed by atoms with Crippen molar-refractivity contribution in [3.63, 3.8) is 0 Å². The van der Waals surface area contributed by atoms with Gasteiger partial charge < -0.3 is 15.0 Å². The predicted octanol–water partition coefficient (Wildman–Crippen LogP) is 8.33. The second-order valence-corrected chi connectivity index (χ2v) is 11.8. The number of alkyl halides is 6. The molecule has 2 fully saturated rings. The van der Waals surface area contributed by atoms with E-state index in [2.05, 4.69) is 5.32 Å². The average molecular weight is 551 g/mol. The highest BCUT2D eigenvalue weighted by molar-refractivity contribution is 5.69. The van der Waals surface area contributed by atoms with Gasteiger partial charge in [-0.15, -0.1) is 0 Å². The van der Waals surface area contributed by atoms with E-state index in [4.69, 9.17) is 4.74 Å². The fraction of sp³-hybridized carbons (Fsp3) is 0.750. The maximum Gasteiger partial charge on any atom is 0.416 e. The lowest BCUT2D eigenvalue weighted by molar-refractivity contribution is -0.143. The fourth-order valence-electron chi connectivity index (χ4n) is 5.82. The van der Waals surface area contributed by atoms with Gasteiger partial charge in [0.2, 0.25) is 0 Å². The molecule has 3 rings (SSSR count). The summed E-state index contributed by atoms with van der Waals surface area (Å²) in [7, 11) is 0. The molecule has 1 aromatic carbocycles. The Kier molecular flexibility index (Phi) is 9.69. The van der Waals surface area contributed by atoms with Crippen LogP contribution in [-0.2, 0) is 23.6 Å². The summed E-state index contributed by atoms with van der Waals surface area (Å²) in [4.78, 5) is 15.1. The summed E-state index contributed by atoms with van der Waals surface area (Å²) in [6.45, 7) is 7.31. The molecule has 1 aliphatic heterocycles. The quantitative estimate of drug-likeness (QED) is 0.362. The third-order valence-electron chi connectivity index (χ3n) is 7.55. The number of ether oxygens (including phenoxy) is 1. The summed E-state index contributed by atoms with van der Waals surface area (Å²) in [6.07, 6.45) is -1.84. The van der Waals surface area contributed by atoms with Gasteiger partial charge in [0.05, 0.1) is 11.1 Å². The van der Waals surface area contributed by atoms with E-state index in [9.17, 15) is 31.1 Å². The third kappa shape index (κ3) is 8.52. The molecule has 1 aliphatic carbocycles. The van der Waals surface area contributed by atoms with E-state index in [1.807, 2.05) is 32.6 Å². The molecule has 0 aromatic heterocycles. The molecule has 1 saturated heterocycles. The number of benzene rings is 1. The molecule has 1 N–H and O–H groups in total. The van der Waals surface area contributed by atoms with Gasteiger partial charge in [0, 0.05) is 24.7 Å². The molecular formula is C28H40F6N2O2. The summed E-state index contributed by atoms with van der Waals surface area (Å²) in [5.41, 5.74) is -3.35. The van der Waals surface area contributed by atoms with Gasteiger partial charge in [-0.2, -0.15) is 26.3 Å². The van der Waals surface area contributed by atoms with E-state index >= 15 is 0 Å². The Morgan fingerprint density at radius 3 is 1.97 bits per heavy atom. The van der Waals surface area contributed by atoms with Crippen molar-refractivity contribution in [1.82, 2.24) is 10.2 Å². The van der Waals surface area contributed by atoms with Gasteiger partial charge in [-0.3, -0.25) is 0 Å². The van der Waals surface area contributed by atoms with Gasteiger partial charge in [-0.25, -0.2) is 4.79 Å². The van der Waals surface area contributed by atoms with Crippen LogP contribution < -0.4 is 5.32 Å². The molecular weight excluding hydrogens is 510 g/mol. The molecule has 1 saturated carbocycles. The third-order valence-corrected chi connectivity index (χ3v) is 7.55. The smallest absolute Gasteiger partial charge is 0.416 e. The number of hydrogen-bond acceptors (Lipinski definition) is 3. The SMILES string of the molecule is CC[C@@H]1C[C@H](NCc2cc(C(F)(F)F)cc(C(F)(F)F)c2)CC(CC2CCCCC2)N1C(=O)OC(C)(C)C. The van der Waals surface area contributed by atoms with E-state index in [-0.39, 0.29) is 42.4 Å². The summed E-state index contributed by atoms with van der Waals surface area (Å²) in [6, 6.07) is 1.28. The number of amides is 1. The summed E-state index contributed by atoms with van der Waals surface area (Å²) in [5.74, 6) is 0.479. The Labute approximate surface area is 221 Å². The highest BCUT2D eigenvalue weighted by atomic mass is 19.4. The lowest BCUT2D eigenvalue weighted by Crippen LogP contribution is -2.57. The number of nitrogens with one attached hydrogen (secondary N) is 1. The molecule has 0 bridgehead atoms. The number of halogens is 6. The van der Waals surface area contributed by atoms with E-state index in [1.54, 1.807) is 0 Å². The van der Waals surface area contributed by atoms with Crippen LogP contribution >= 0.6 is 0 Å². The van der Waals surface area contributed by atoms with Crippen LogP contribution in [0.3, 0.4) is 0 Å². The normalized spacial score (nSPS) is 23.9. The molecule has 0 spiro atoms. The first kappa shape index (κ1) is 30.6. The van der Waals surface area contributed by atoms with Crippen molar-refractivity contribution in [1.29, 1.82) is 0 Å². The molecule has 4 nitrogen and oxygen atoms in total. The summed E-state index contributed by atoms with van der Waals surface area (Å²) in [5, 5.41) is 3.22. The monoisotopic (exact) mass is 550 g/mol. The van der Waals surface area contributed by atoms with Crippen LogP contribution in [0.15, 0.2) is 18.2 Å². The number of rotatable bonds is 6. The maximum atomic E-state index is 13.3. The van der Waals surface area contributed by atoms with Crippen LogP contribution in [0.5, 0.6) is 0 Å². The van der Waals surface area contributed by atoms with Crippen molar-refractivity contribution >= 4 is 6.09 Å². The van der Waals surface area contributed by atoms with E-state index in [0.717, 1.165) is 44.2 Å². The molecule has 1 aromatic rings. The molecule has 216 valence electrons. The standard InChI is InChI=1S/C28H40F6N2O2/c1-5-23-15-22(35-17-19-11-20(27(29,30)31)14-21(12-19)28(32,33)34)16-24(13-18-9-7-6-8-10-18)36(23)25(37)38-26(2,3)4/h11-12,14,18,22-24,35H,5-10,13,15-17H2,1-4H3/t22-,23+,24?/m0/s1. The molecule has 0 radical (unpaired) electrons. The highest BCUT2D eigenvalue weighted by Gasteiger charge is 2.41. The van der Waals surface area contributed by atoms with Crippen LogP contribution in [0.25, 0.3) is 0 Å². The minimum Gasteiger partial charge on any atom is -0.444 e. The van der Waals surface area contributed by atoms with Gasteiger partial charge in [0.1, 0.15) is 5.60 Å². The Bertz CT molecular complexity index is 902. The predicted molar refractivity (Wildman–Crippen MR) is 133 cm³/mol. The minimum absolute atomic E-state index is 0.0707. The average Bonchev–Trinajstić information content (AvgIpc) is 2.80. The number of hydrogen-bond donors (Lipinski definition) is 1. The molecule has 1 heterocycles. The zero-order valence-corrected chi connectivity index (χ0v) is 22.6. The maximum absolute atomic E-state index is 13.3. The number of likely N-dealkylation sites (tertiary alicyclic amines) is 1. The van der Waals surface area contributed by atoms with Crippen molar-refractivity contribution in [3.05, 3.63) is 34.9 Å². The molecule has 10 heteroatoms. The molecule has 2 aliphatic rings.